The summed E-state index contributed by atoms with van der Waals surface area (Å²) in [5.41, 5.74) is 3.16. The number of hydrogen-bond donors (Lipinski definition) is 1. The second kappa shape index (κ2) is 9.54. The maximum atomic E-state index is 11.5. The quantitative estimate of drug-likeness (QED) is 0.533. The third-order valence-electron chi connectivity index (χ3n) is 4.24. The van der Waals surface area contributed by atoms with Crippen molar-refractivity contribution in [3.8, 4) is 0 Å². The minimum absolute atomic E-state index is 0.0579. The first-order valence-corrected chi connectivity index (χ1v) is 10.9. The summed E-state index contributed by atoms with van der Waals surface area (Å²) < 4.78 is 12.1. The Bertz CT molecular complexity index is 749. The molecule has 1 saturated heterocycles. The van der Waals surface area contributed by atoms with E-state index in [0.29, 0.717) is 6.61 Å². The van der Waals surface area contributed by atoms with Crippen LogP contribution in [0.25, 0.3) is 0 Å². The van der Waals surface area contributed by atoms with Crippen molar-refractivity contribution in [3.63, 3.8) is 0 Å². The van der Waals surface area contributed by atoms with Crippen molar-refractivity contribution in [1.29, 1.82) is 0 Å². The number of carbonyl (C=O) groups excluding carboxylic acids is 1. The van der Waals surface area contributed by atoms with Crippen LogP contribution < -0.4 is 10.2 Å². The third kappa shape index (κ3) is 5.68. The molecule has 2 heterocycles. The van der Waals surface area contributed by atoms with Crippen LogP contribution in [0.1, 0.15) is 24.4 Å². The lowest BCUT2D eigenvalue weighted by atomic mass is 10.2. The summed E-state index contributed by atoms with van der Waals surface area (Å²) in [7, 11) is 4.08. The highest BCUT2D eigenvalue weighted by Crippen LogP contribution is 2.26. The number of carbonyl (C=O) groups is 1. The molecule has 27 heavy (non-hydrogen) atoms. The summed E-state index contributed by atoms with van der Waals surface area (Å²) in [4.78, 5) is 18.1. The van der Waals surface area contributed by atoms with Gasteiger partial charge in [0.1, 0.15) is 17.0 Å². The minimum atomic E-state index is -0.226. The van der Waals surface area contributed by atoms with Crippen LogP contribution in [0.4, 0.5) is 5.69 Å². The number of nitrogens with two attached hydrogens (primary N) is 1. The Kier molecular flexibility index (Phi) is 7.12. The van der Waals surface area contributed by atoms with Crippen LogP contribution in [0.2, 0.25) is 0 Å². The first-order valence-electron chi connectivity index (χ1n) is 9.04. The molecule has 0 spiro atoms. The first-order chi connectivity index (χ1) is 13.0. The van der Waals surface area contributed by atoms with Crippen molar-refractivity contribution in [1.82, 2.24) is 4.98 Å². The van der Waals surface area contributed by atoms with Gasteiger partial charge in [-0.2, -0.15) is 0 Å². The van der Waals surface area contributed by atoms with Gasteiger partial charge in [0, 0.05) is 36.5 Å². The molecule has 8 heteroatoms. The predicted molar refractivity (Wildman–Crippen MR) is 108 cm³/mol. The predicted octanol–water partition coefficient (Wildman–Crippen LogP) is 2.07. The van der Waals surface area contributed by atoms with Crippen molar-refractivity contribution < 1.29 is 19.6 Å². The molecule has 0 aliphatic carbocycles. The maximum absolute atomic E-state index is 11.5. The molecule has 6 nitrogen and oxygen atoms in total. The van der Waals surface area contributed by atoms with Gasteiger partial charge >= 0.3 is 5.97 Å². The van der Waals surface area contributed by atoms with Gasteiger partial charge < -0.3 is 19.7 Å². The van der Waals surface area contributed by atoms with E-state index < -0.39 is 0 Å². The van der Waals surface area contributed by atoms with E-state index >= 15 is 0 Å². The van der Waals surface area contributed by atoms with E-state index in [1.165, 1.54) is 11.3 Å². The van der Waals surface area contributed by atoms with Gasteiger partial charge in [0.05, 0.1) is 18.7 Å². The Morgan fingerprint density at radius 3 is 2.89 bits per heavy atom. The molecular weight excluding hydrogens is 382 g/mol. The molecule has 2 N–H and O–H groups in total. The Balaban J connectivity index is 1.46. The van der Waals surface area contributed by atoms with Crippen molar-refractivity contribution >= 4 is 34.8 Å². The zero-order valence-electron chi connectivity index (χ0n) is 15.9. The second-order valence-corrected chi connectivity index (χ2v) is 8.66. The van der Waals surface area contributed by atoms with E-state index in [-0.39, 0.29) is 24.7 Å². The zero-order valence-corrected chi connectivity index (χ0v) is 17.5. The standard InChI is InChI=1S/C19H25N3O3S2/c1-4-24-17(23)9-14-11-26-19(21-14)27-12-16-10-20-18(25-16)13-5-7-15(8-6-13)22(2)3/h5-8,11,16,18,20H,4,9-10,12H2,1-3H3/p+1/t16-,18+/m0/s1. The molecule has 0 saturated carbocycles. The molecule has 0 bridgehead atoms. The molecule has 1 aromatic carbocycles. The van der Waals surface area contributed by atoms with E-state index in [2.05, 4.69) is 39.5 Å². The Morgan fingerprint density at radius 1 is 1.41 bits per heavy atom. The van der Waals surface area contributed by atoms with E-state index in [0.717, 1.165) is 22.3 Å². The van der Waals surface area contributed by atoms with E-state index in [1.54, 1.807) is 23.1 Å². The zero-order chi connectivity index (χ0) is 19.2. The average Bonchev–Trinajstić information content (AvgIpc) is 3.29. The molecule has 146 valence electrons. The monoisotopic (exact) mass is 408 g/mol. The number of benzene rings is 1. The number of rotatable bonds is 8. The summed E-state index contributed by atoms with van der Waals surface area (Å²) >= 11 is 3.25. The van der Waals surface area contributed by atoms with Crippen LogP contribution in [-0.4, -0.2) is 50.1 Å². The number of anilines is 1. The Labute approximate surface area is 168 Å². The Morgan fingerprint density at radius 2 is 2.19 bits per heavy atom. The lowest BCUT2D eigenvalue weighted by molar-refractivity contribution is -0.697. The molecular formula is C19H26N3O3S2+. The average molecular weight is 409 g/mol. The van der Waals surface area contributed by atoms with Crippen LogP contribution in [0.15, 0.2) is 34.0 Å². The number of aromatic nitrogens is 1. The van der Waals surface area contributed by atoms with Crippen LogP contribution in [-0.2, 0) is 20.7 Å². The second-order valence-electron chi connectivity index (χ2n) is 6.53. The summed E-state index contributed by atoms with van der Waals surface area (Å²) in [6.45, 7) is 3.15. The molecule has 1 fully saturated rings. The molecule has 1 aromatic heterocycles. The van der Waals surface area contributed by atoms with Crippen LogP contribution in [0.3, 0.4) is 0 Å². The largest absolute Gasteiger partial charge is 0.466 e. The summed E-state index contributed by atoms with van der Waals surface area (Å²) in [5, 5.41) is 4.17. The lowest BCUT2D eigenvalue weighted by Gasteiger charge is -2.14. The maximum Gasteiger partial charge on any atom is 0.311 e. The highest BCUT2D eigenvalue weighted by Gasteiger charge is 2.30. The minimum Gasteiger partial charge on any atom is -0.466 e. The number of hydrogen-bond acceptors (Lipinski definition) is 7. The number of thioether (sulfide) groups is 1. The third-order valence-corrected chi connectivity index (χ3v) is 6.45. The molecule has 3 rings (SSSR count). The summed E-state index contributed by atoms with van der Waals surface area (Å²) in [6.07, 6.45) is 0.484. The fraction of sp³-hybridized carbons (Fsp3) is 0.474. The SMILES string of the molecule is CCOC(=O)Cc1csc(SC[C@@H]2C[NH2+][C@@H](c3ccc(N(C)C)cc3)O2)n1. The normalized spacial score (nSPS) is 19.2. The van der Waals surface area contributed by atoms with Gasteiger partial charge in [-0.05, 0) is 31.2 Å². The first kappa shape index (κ1) is 20.1. The topological polar surface area (TPSA) is 68.3 Å². The van der Waals surface area contributed by atoms with E-state index in [1.807, 2.05) is 26.4 Å². The van der Waals surface area contributed by atoms with Crippen molar-refractivity contribution in [3.05, 3.63) is 40.9 Å². The van der Waals surface area contributed by atoms with E-state index in [9.17, 15) is 4.79 Å². The van der Waals surface area contributed by atoms with Gasteiger partial charge in [0.2, 0.25) is 6.23 Å². The lowest BCUT2D eigenvalue weighted by Crippen LogP contribution is -2.82. The fourth-order valence-electron chi connectivity index (χ4n) is 2.84. The molecule has 0 radical (unpaired) electrons. The van der Waals surface area contributed by atoms with Gasteiger partial charge in [0.25, 0.3) is 0 Å². The number of ether oxygens (including phenoxy) is 2. The van der Waals surface area contributed by atoms with Crippen LogP contribution in [0.5, 0.6) is 0 Å². The number of esters is 1. The Hall–Kier alpha value is -1.61. The van der Waals surface area contributed by atoms with Crippen molar-refractivity contribution in [2.75, 3.05) is 37.9 Å². The van der Waals surface area contributed by atoms with Crippen molar-refractivity contribution in [2.24, 2.45) is 0 Å². The number of thiazole rings is 1. The van der Waals surface area contributed by atoms with Crippen molar-refractivity contribution in [2.45, 2.75) is 30.0 Å². The molecule has 2 aromatic rings. The van der Waals surface area contributed by atoms with Gasteiger partial charge in [0.15, 0.2) is 0 Å². The highest BCUT2D eigenvalue weighted by molar-refractivity contribution is 8.01. The highest BCUT2D eigenvalue weighted by atomic mass is 32.2. The van der Waals surface area contributed by atoms with Gasteiger partial charge in [-0.15, -0.1) is 11.3 Å². The summed E-state index contributed by atoms with van der Waals surface area (Å²) in [5.74, 6) is 0.631. The van der Waals surface area contributed by atoms with Gasteiger partial charge in [-0.3, -0.25) is 4.79 Å². The van der Waals surface area contributed by atoms with Gasteiger partial charge in [-0.25, -0.2) is 4.98 Å². The molecule has 2 atom stereocenters. The molecule has 0 amide bonds. The molecule has 1 aliphatic heterocycles. The number of quaternary nitrogens is 1. The molecule has 0 unspecified atom stereocenters. The smallest absolute Gasteiger partial charge is 0.311 e. The molecule has 1 aliphatic rings. The fourth-order valence-corrected chi connectivity index (χ4v) is 4.73. The summed E-state index contributed by atoms with van der Waals surface area (Å²) in [6, 6.07) is 8.51. The number of nitrogens with zero attached hydrogens (tertiary/aromatic N) is 2. The van der Waals surface area contributed by atoms with E-state index in [4.69, 9.17) is 9.47 Å². The van der Waals surface area contributed by atoms with Crippen LogP contribution in [0, 0.1) is 0 Å². The van der Waals surface area contributed by atoms with Crippen LogP contribution >= 0.6 is 23.1 Å². The van der Waals surface area contributed by atoms with Gasteiger partial charge in [-0.1, -0.05) is 11.8 Å².